The van der Waals surface area contributed by atoms with Crippen LogP contribution in [0.5, 0.6) is 11.8 Å². The molecule has 0 spiro atoms. The highest BCUT2D eigenvalue weighted by Crippen LogP contribution is 2.27. The number of amides is 1. The number of carbonyl (C=O) groups excluding carboxylic acids is 1. The van der Waals surface area contributed by atoms with Crippen molar-refractivity contribution in [2.24, 2.45) is 0 Å². The van der Waals surface area contributed by atoms with Gasteiger partial charge in [-0.15, -0.1) is 0 Å². The first-order chi connectivity index (χ1) is 14.5. The zero-order valence-electron chi connectivity index (χ0n) is 16.8. The lowest BCUT2D eigenvalue weighted by Crippen LogP contribution is -2.47. The largest absolute Gasteiger partial charge is 0.494 e. The van der Waals surface area contributed by atoms with Gasteiger partial charge in [0.05, 0.1) is 25.5 Å². The van der Waals surface area contributed by atoms with Gasteiger partial charge in [-0.05, 0) is 42.2 Å². The van der Waals surface area contributed by atoms with Gasteiger partial charge in [-0.25, -0.2) is 0 Å². The lowest BCUT2D eigenvalue weighted by molar-refractivity contribution is 0.0558. The summed E-state index contributed by atoms with van der Waals surface area (Å²) in [5, 5.41) is 0.581. The number of fused-ring (bicyclic) bond motifs is 1. The third-order valence-corrected chi connectivity index (χ3v) is 5.69. The Morgan fingerprint density at radius 2 is 1.90 bits per heavy atom. The Kier molecular flexibility index (Phi) is 5.86. The number of aryl methyl sites for hydroxylation is 1. The lowest BCUT2D eigenvalue weighted by Gasteiger charge is -2.36. The summed E-state index contributed by atoms with van der Waals surface area (Å²) in [5.74, 6) is 0.484. The van der Waals surface area contributed by atoms with Crippen molar-refractivity contribution < 1.29 is 14.3 Å². The molecule has 1 aliphatic heterocycles. The number of hydrogen-bond donors (Lipinski definition) is 0. The van der Waals surface area contributed by atoms with E-state index in [1.807, 2.05) is 36.1 Å². The van der Waals surface area contributed by atoms with Crippen LogP contribution in [0.25, 0.3) is 0 Å². The molecule has 1 atom stereocenters. The molecule has 0 radical (unpaired) electrons. The molecule has 0 aliphatic carbocycles. The fourth-order valence-corrected chi connectivity index (χ4v) is 3.70. The first-order valence-electron chi connectivity index (χ1n) is 9.68. The maximum atomic E-state index is 13.3. The van der Waals surface area contributed by atoms with Gasteiger partial charge < -0.3 is 14.4 Å². The highest BCUT2D eigenvalue weighted by molar-refractivity contribution is 6.31. The minimum atomic E-state index is -0.154. The number of halogens is 1. The Balaban J connectivity index is 1.57. The molecule has 0 saturated carbocycles. The second-order valence-electron chi connectivity index (χ2n) is 7.24. The van der Waals surface area contributed by atoms with Crippen LogP contribution in [0.4, 0.5) is 0 Å². The normalized spacial score (nSPS) is 15.4. The van der Waals surface area contributed by atoms with Crippen molar-refractivity contribution in [3.63, 3.8) is 0 Å². The number of hydrogen-bond acceptors (Lipinski definition) is 5. The average molecular weight is 424 g/mol. The standard InChI is InChI=1S/C23H22ClN3O3/c1-15-7-8-17(10-21(15)24)22(28)27-13-18-6-4-3-5-16(18)9-19(27)14-30-23-25-11-20(29-2)12-26-23/h3-8,10-12,19H,9,13-14H2,1-2H3. The fourth-order valence-electron chi connectivity index (χ4n) is 3.52. The molecule has 30 heavy (non-hydrogen) atoms. The van der Waals surface area contributed by atoms with Gasteiger partial charge in [0.25, 0.3) is 5.91 Å². The zero-order valence-corrected chi connectivity index (χ0v) is 17.6. The van der Waals surface area contributed by atoms with Crippen LogP contribution in [0.3, 0.4) is 0 Å². The lowest BCUT2D eigenvalue weighted by atomic mass is 9.93. The molecule has 0 fully saturated rings. The number of ether oxygens (including phenoxy) is 2. The average Bonchev–Trinajstić information content (AvgIpc) is 2.78. The summed E-state index contributed by atoms with van der Waals surface area (Å²) in [7, 11) is 1.56. The molecule has 1 aromatic heterocycles. The van der Waals surface area contributed by atoms with Gasteiger partial charge in [-0.3, -0.25) is 4.79 Å². The number of nitrogens with zero attached hydrogens (tertiary/aromatic N) is 3. The molecule has 0 bridgehead atoms. The number of methoxy groups -OCH3 is 1. The first-order valence-corrected chi connectivity index (χ1v) is 10.1. The fraction of sp³-hybridized carbons (Fsp3) is 0.261. The third-order valence-electron chi connectivity index (χ3n) is 5.28. The van der Waals surface area contributed by atoms with Crippen molar-refractivity contribution >= 4 is 17.5 Å². The Labute approximate surface area is 180 Å². The summed E-state index contributed by atoms with van der Waals surface area (Å²) in [4.78, 5) is 23.5. The van der Waals surface area contributed by atoms with Gasteiger partial charge in [0.15, 0.2) is 5.75 Å². The van der Waals surface area contributed by atoms with Gasteiger partial charge in [0.2, 0.25) is 0 Å². The smallest absolute Gasteiger partial charge is 0.316 e. The Hall–Kier alpha value is -3.12. The van der Waals surface area contributed by atoms with Gasteiger partial charge in [0.1, 0.15) is 6.61 Å². The van der Waals surface area contributed by atoms with Gasteiger partial charge in [-0.2, -0.15) is 9.97 Å². The highest BCUT2D eigenvalue weighted by atomic mass is 35.5. The summed E-state index contributed by atoms with van der Waals surface area (Å²) >= 11 is 6.26. The van der Waals surface area contributed by atoms with Crippen molar-refractivity contribution in [2.45, 2.75) is 25.9 Å². The number of carbonyl (C=O) groups is 1. The molecule has 2 heterocycles. The number of rotatable bonds is 5. The van der Waals surface area contributed by atoms with Gasteiger partial charge in [0, 0.05) is 17.1 Å². The van der Waals surface area contributed by atoms with E-state index in [2.05, 4.69) is 22.1 Å². The molecule has 0 N–H and O–H groups in total. The van der Waals surface area contributed by atoms with Crippen LogP contribution in [0.15, 0.2) is 54.9 Å². The van der Waals surface area contributed by atoms with Crippen LogP contribution in [-0.2, 0) is 13.0 Å². The Bertz CT molecular complexity index is 1060. The van der Waals surface area contributed by atoms with Crippen molar-refractivity contribution in [3.05, 3.63) is 82.1 Å². The quantitative estimate of drug-likeness (QED) is 0.618. The van der Waals surface area contributed by atoms with E-state index in [4.69, 9.17) is 21.1 Å². The van der Waals surface area contributed by atoms with Crippen molar-refractivity contribution in [2.75, 3.05) is 13.7 Å². The molecule has 0 saturated heterocycles. The van der Waals surface area contributed by atoms with Crippen LogP contribution >= 0.6 is 11.6 Å². The molecule has 2 aromatic carbocycles. The maximum Gasteiger partial charge on any atom is 0.316 e. The minimum Gasteiger partial charge on any atom is -0.494 e. The molecule has 154 valence electrons. The van der Waals surface area contributed by atoms with E-state index < -0.39 is 0 Å². The second-order valence-corrected chi connectivity index (χ2v) is 7.65. The summed E-state index contributed by atoms with van der Waals surface area (Å²) in [6.07, 6.45) is 3.79. The predicted molar refractivity (Wildman–Crippen MR) is 114 cm³/mol. The Morgan fingerprint density at radius 3 is 2.60 bits per heavy atom. The molecule has 1 amide bonds. The molecule has 3 aromatic rings. The summed E-state index contributed by atoms with van der Waals surface area (Å²) in [6, 6.07) is 13.7. The molecular formula is C23H22ClN3O3. The van der Waals surface area contributed by atoms with E-state index in [1.165, 1.54) is 5.56 Å². The monoisotopic (exact) mass is 423 g/mol. The maximum absolute atomic E-state index is 13.3. The molecule has 4 rings (SSSR count). The predicted octanol–water partition coefficient (Wildman–Crippen LogP) is 4.09. The van der Waals surface area contributed by atoms with E-state index in [9.17, 15) is 4.79 Å². The van der Waals surface area contributed by atoms with E-state index in [0.717, 1.165) is 11.1 Å². The van der Waals surface area contributed by atoms with Crippen LogP contribution in [0.1, 0.15) is 27.0 Å². The van der Waals surface area contributed by atoms with E-state index in [1.54, 1.807) is 25.6 Å². The molecule has 1 unspecified atom stereocenters. The van der Waals surface area contributed by atoms with E-state index >= 15 is 0 Å². The van der Waals surface area contributed by atoms with Crippen LogP contribution in [0.2, 0.25) is 5.02 Å². The van der Waals surface area contributed by atoms with E-state index in [0.29, 0.717) is 29.3 Å². The van der Waals surface area contributed by atoms with Crippen molar-refractivity contribution in [1.82, 2.24) is 14.9 Å². The minimum absolute atomic E-state index is 0.0735. The number of benzene rings is 2. The zero-order chi connectivity index (χ0) is 21.1. The van der Waals surface area contributed by atoms with Crippen LogP contribution < -0.4 is 9.47 Å². The van der Waals surface area contributed by atoms with Gasteiger partial charge >= 0.3 is 6.01 Å². The molecule has 7 heteroatoms. The highest BCUT2D eigenvalue weighted by Gasteiger charge is 2.31. The summed E-state index contributed by atoms with van der Waals surface area (Å²) < 4.78 is 10.9. The molecule has 6 nitrogen and oxygen atoms in total. The summed E-state index contributed by atoms with van der Waals surface area (Å²) in [6.45, 7) is 2.71. The van der Waals surface area contributed by atoms with Crippen LogP contribution in [0, 0.1) is 6.92 Å². The van der Waals surface area contributed by atoms with Crippen molar-refractivity contribution in [3.8, 4) is 11.8 Å². The second kappa shape index (κ2) is 8.71. The third kappa shape index (κ3) is 4.24. The van der Waals surface area contributed by atoms with Crippen LogP contribution in [-0.4, -0.2) is 40.5 Å². The first kappa shape index (κ1) is 20.2. The topological polar surface area (TPSA) is 64.6 Å². The van der Waals surface area contributed by atoms with E-state index in [-0.39, 0.29) is 24.6 Å². The van der Waals surface area contributed by atoms with Gasteiger partial charge in [-0.1, -0.05) is 41.9 Å². The molecular weight excluding hydrogens is 402 g/mol. The molecule has 1 aliphatic rings. The SMILES string of the molecule is COc1cnc(OCC2Cc3ccccc3CN2C(=O)c2ccc(C)c(Cl)c2)nc1. The number of aromatic nitrogens is 2. The summed E-state index contributed by atoms with van der Waals surface area (Å²) in [5.41, 5.74) is 3.86. The Morgan fingerprint density at radius 1 is 1.17 bits per heavy atom. The van der Waals surface area contributed by atoms with Crippen molar-refractivity contribution in [1.29, 1.82) is 0 Å².